The zero-order chi connectivity index (χ0) is 17.4. The van der Waals surface area contributed by atoms with Gasteiger partial charge in [-0.15, -0.1) is 0 Å². The van der Waals surface area contributed by atoms with Crippen LogP contribution in [0, 0.1) is 13.8 Å². The molecule has 2 radical (unpaired) electrons. The van der Waals surface area contributed by atoms with E-state index >= 15 is 0 Å². The van der Waals surface area contributed by atoms with Crippen molar-refractivity contribution in [3.63, 3.8) is 0 Å². The van der Waals surface area contributed by atoms with Crippen LogP contribution in [0.15, 0.2) is 30.6 Å². The number of piperidine rings is 1. The molecule has 1 unspecified atom stereocenters. The second kappa shape index (κ2) is 6.60. The normalized spacial score (nSPS) is 18.7. The lowest BCUT2D eigenvalue weighted by atomic mass is 9.89. The van der Waals surface area contributed by atoms with Crippen LogP contribution in [0.1, 0.15) is 41.3 Å². The van der Waals surface area contributed by atoms with Gasteiger partial charge < -0.3 is 0 Å². The minimum atomic E-state index is 0.453. The number of likely N-dealkylation sites (tertiary alicyclic amines) is 1. The van der Waals surface area contributed by atoms with Crippen LogP contribution in [-0.2, 0) is 6.54 Å². The highest BCUT2D eigenvalue weighted by Gasteiger charge is 2.24. The molecule has 0 N–H and O–H groups in total. The molecule has 6 heteroatoms. The summed E-state index contributed by atoms with van der Waals surface area (Å²) < 4.78 is 1.90. The van der Waals surface area contributed by atoms with Crippen molar-refractivity contribution < 1.29 is 0 Å². The number of rotatable bonds is 3. The van der Waals surface area contributed by atoms with Crippen LogP contribution in [0.3, 0.4) is 0 Å². The number of hydrogen-bond donors (Lipinski definition) is 0. The van der Waals surface area contributed by atoms with Crippen LogP contribution in [-0.4, -0.2) is 45.4 Å². The number of fused-ring (bicyclic) bond motifs is 1. The third-order valence-corrected chi connectivity index (χ3v) is 5.07. The van der Waals surface area contributed by atoms with Crippen molar-refractivity contribution in [2.24, 2.45) is 0 Å². The Morgan fingerprint density at radius 3 is 2.96 bits per heavy atom. The van der Waals surface area contributed by atoms with Crippen LogP contribution in [0.4, 0.5) is 0 Å². The van der Waals surface area contributed by atoms with Crippen molar-refractivity contribution >= 4 is 19.1 Å². The van der Waals surface area contributed by atoms with E-state index in [0.29, 0.717) is 11.7 Å². The first-order valence-electron chi connectivity index (χ1n) is 8.85. The average Bonchev–Trinajstić information content (AvgIpc) is 3.06. The number of aryl methyl sites for hydroxylation is 2. The molecule has 2 aromatic heterocycles. The maximum Gasteiger partial charge on any atom is 0.252 e. The molecule has 0 amide bonds. The minimum Gasteiger partial charge on any atom is -0.298 e. The highest BCUT2D eigenvalue weighted by Crippen LogP contribution is 2.28. The molecule has 1 aliphatic heterocycles. The molecule has 5 nitrogen and oxygen atoms in total. The fraction of sp³-hybridized carbons (Fsp3) is 0.421. The first kappa shape index (κ1) is 16.3. The lowest BCUT2D eigenvalue weighted by Crippen LogP contribution is -2.34. The molecular weight excluding hydrogens is 309 g/mol. The van der Waals surface area contributed by atoms with Gasteiger partial charge in [0.15, 0.2) is 0 Å². The van der Waals surface area contributed by atoms with Crippen molar-refractivity contribution in [1.29, 1.82) is 0 Å². The molecule has 1 fully saturated rings. The zero-order valence-electron chi connectivity index (χ0n) is 14.8. The number of hydrogen-bond acceptors (Lipinski definition) is 4. The van der Waals surface area contributed by atoms with E-state index in [9.17, 15) is 0 Å². The molecule has 0 aliphatic carbocycles. The van der Waals surface area contributed by atoms with Gasteiger partial charge in [0.05, 0.1) is 5.69 Å². The summed E-state index contributed by atoms with van der Waals surface area (Å²) in [5, 5.41) is 4.38. The summed E-state index contributed by atoms with van der Waals surface area (Å²) in [4.78, 5) is 11.2. The lowest BCUT2D eigenvalue weighted by Gasteiger charge is -2.33. The van der Waals surface area contributed by atoms with Crippen LogP contribution in [0.25, 0.3) is 5.78 Å². The maximum atomic E-state index is 5.94. The summed E-state index contributed by atoms with van der Waals surface area (Å²) in [6.07, 6.45) is 3.95. The Kier molecular flexibility index (Phi) is 4.29. The van der Waals surface area contributed by atoms with Gasteiger partial charge in [-0.1, -0.05) is 29.2 Å². The van der Waals surface area contributed by atoms with Crippen LogP contribution in [0.5, 0.6) is 0 Å². The van der Waals surface area contributed by atoms with E-state index in [1.807, 2.05) is 17.5 Å². The minimum absolute atomic E-state index is 0.453. The number of benzene rings is 1. The summed E-state index contributed by atoms with van der Waals surface area (Å²) in [6.45, 7) is 7.21. The maximum absolute atomic E-state index is 5.94. The Hall–Kier alpha value is -2.21. The quantitative estimate of drug-likeness (QED) is 0.688. The molecule has 25 heavy (non-hydrogen) atoms. The molecule has 0 bridgehead atoms. The van der Waals surface area contributed by atoms with Crippen molar-refractivity contribution in [1.82, 2.24) is 24.5 Å². The zero-order valence-corrected chi connectivity index (χ0v) is 14.8. The van der Waals surface area contributed by atoms with Gasteiger partial charge in [0, 0.05) is 24.7 Å². The van der Waals surface area contributed by atoms with Gasteiger partial charge in [0.25, 0.3) is 5.78 Å². The van der Waals surface area contributed by atoms with Crippen molar-refractivity contribution in [2.75, 3.05) is 13.1 Å². The molecule has 1 saturated heterocycles. The molecule has 1 aromatic carbocycles. The molecular formula is C19H22BN5. The number of aromatic nitrogens is 4. The SMILES string of the molecule is [B]c1ccc(CN2CCCC(c3cc(C)nc4ncnn34)C2)cc1C. The molecule has 1 atom stereocenters. The summed E-state index contributed by atoms with van der Waals surface area (Å²) in [6, 6.07) is 8.50. The Labute approximate surface area is 149 Å². The molecule has 0 spiro atoms. The molecule has 0 saturated carbocycles. The molecule has 1 aliphatic rings. The third kappa shape index (κ3) is 3.31. The second-order valence-electron chi connectivity index (χ2n) is 7.06. The van der Waals surface area contributed by atoms with Gasteiger partial charge in [0.1, 0.15) is 14.2 Å². The summed E-state index contributed by atoms with van der Waals surface area (Å²) in [5.41, 5.74) is 5.56. The Balaban J connectivity index is 1.56. The van der Waals surface area contributed by atoms with E-state index in [-0.39, 0.29) is 0 Å². The molecule has 3 aromatic rings. The van der Waals surface area contributed by atoms with Gasteiger partial charge in [-0.25, -0.2) is 9.50 Å². The van der Waals surface area contributed by atoms with Crippen LogP contribution < -0.4 is 5.46 Å². The first-order valence-corrected chi connectivity index (χ1v) is 8.85. The van der Waals surface area contributed by atoms with Gasteiger partial charge in [0.2, 0.25) is 0 Å². The lowest BCUT2D eigenvalue weighted by molar-refractivity contribution is 0.197. The first-order chi connectivity index (χ1) is 12.1. The summed E-state index contributed by atoms with van der Waals surface area (Å²) >= 11 is 0. The average molecular weight is 331 g/mol. The third-order valence-electron chi connectivity index (χ3n) is 5.07. The smallest absolute Gasteiger partial charge is 0.252 e. The highest BCUT2D eigenvalue weighted by molar-refractivity contribution is 6.33. The van der Waals surface area contributed by atoms with Gasteiger partial charge in [-0.05, 0) is 44.9 Å². The van der Waals surface area contributed by atoms with Crippen LogP contribution in [0.2, 0.25) is 0 Å². The van der Waals surface area contributed by atoms with E-state index in [2.05, 4.69) is 45.1 Å². The largest absolute Gasteiger partial charge is 0.298 e. The van der Waals surface area contributed by atoms with Crippen molar-refractivity contribution in [3.8, 4) is 0 Å². The van der Waals surface area contributed by atoms with Gasteiger partial charge >= 0.3 is 0 Å². The number of nitrogens with zero attached hydrogens (tertiary/aromatic N) is 5. The fourth-order valence-corrected chi connectivity index (χ4v) is 3.78. The van der Waals surface area contributed by atoms with Gasteiger partial charge in [-0.2, -0.15) is 10.1 Å². The second-order valence-corrected chi connectivity index (χ2v) is 7.06. The monoisotopic (exact) mass is 331 g/mol. The van der Waals surface area contributed by atoms with E-state index in [0.717, 1.165) is 36.4 Å². The topological polar surface area (TPSA) is 46.3 Å². The predicted molar refractivity (Wildman–Crippen MR) is 99.3 cm³/mol. The standard InChI is InChI=1S/C19H22BN5/c1-13-8-15(5-6-17(13)20)10-24-7-3-4-16(11-24)18-9-14(2)23-19-21-12-22-25(18)19/h5-6,8-9,12,16H,3-4,7,10-11H2,1-2H3. The van der Waals surface area contributed by atoms with E-state index in [4.69, 9.17) is 7.85 Å². The fourth-order valence-electron chi connectivity index (χ4n) is 3.78. The summed E-state index contributed by atoms with van der Waals surface area (Å²) in [5.74, 6) is 1.15. The molecule has 4 rings (SSSR count). The predicted octanol–water partition coefficient (Wildman–Crippen LogP) is 1.91. The Morgan fingerprint density at radius 1 is 1.24 bits per heavy atom. The van der Waals surface area contributed by atoms with E-state index < -0.39 is 0 Å². The van der Waals surface area contributed by atoms with Crippen LogP contribution >= 0.6 is 0 Å². The van der Waals surface area contributed by atoms with Gasteiger partial charge in [-0.3, -0.25) is 4.90 Å². The Bertz CT molecular complexity index is 904. The molecule has 126 valence electrons. The summed E-state index contributed by atoms with van der Waals surface area (Å²) in [7, 11) is 5.94. The molecule has 3 heterocycles. The van der Waals surface area contributed by atoms with Crippen molar-refractivity contribution in [3.05, 3.63) is 53.1 Å². The van der Waals surface area contributed by atoms with Crippen molar-refractivity contribution in [2.45, 2.75) is 39.2 Å². The van der Waals surface area contributed by atoms with E-state index in [1.165, 1.54) is 24.1 Å². The van der Waals surface area contributed by atoms with E-state index in [1.54, 1.807) is 6.33 Å². The highest BCUT2D eigenvalue weighted by atomic mass is 15.3. The Morgan fingerprint density at radius 2 is 2.12 bits per heavy atom.